The molecule has 1 aromatic heterocycles. The summed E-state index contributed by atoms with van der Waals surface area (Å²) in [5, 5.41) is 18.0. The van der Waals surface area contributed by atoms with Crippen molar-refractivity contribution in [1.82, 2.24) is 20.3 Å². The highest BCUT2D eigenvalue weighted by atomic mass is 35.5. The number of rotatable bonds is 27. The van der Waals surface area contributed by atoms with Crippen molar-refractivity contribution in [2.24, 2.45) is 0 Å². The number of carboxylic acids is 1. The summed E-state index contributed by atoms with van der Waals surface area (Å²) in [6.07, 6.45) is 13.8. The summed E-state index contributed by atoms with van der Waals surface area (Å²) < 4.78 is 94.2. The minimum Gasteiger partial charge on any atom is -0.481 e. The van der Waals surface area contributed by atoms with Crippen LogP contribution in [0.1, 0.15) is 121 Å². The standard InChI is InChI=1S/C47H65ClN8O9S2.O3S/c1-6-28-55-38-22-20-33(2)31-36(38)47(5,24-11-7-9-18-41(57)49-26-14-27-51-45-53-43(48)52-44(54-45)50-25-12-8-10-19-42(58)59)40(55)17-13-16-39-46(3,4)35-32-34(67(63,64)65)21-23-37(35)56(39)29-15-30-66(60,61)62;1-4(2)3/h13,16-17,20-23,31-32H,6-12,14-15,18-19,24-30H2,1-5H3,(H5-,49,50,51,52,53,54,57,58,59,60,61,62,63,64,65);/p+1. The highest BCUT2D eigenvalue weighted by Gasteiger charge is 2.46. The molecule has 2 aromatic carbocycles. The van der Waals surface area contributed by atoms with E-state index in [-0.39, 0.29) is 40.9 Å². The SMILES string of the molecule is CCCN1C(=CC=CC2=[N+](CCCS(=O)(=O)O)c3ccc(S(=O)(=O)O)cc3C2(C)C)C(C)(CCCCCC(=O)NCCCNc2nc(Cl)nc(NCCCCCC(=O)O)n2)c2cc(C)ccc21.O=S(=O)=O. The smallest absolute Gasteiger partial charge is 0.425 e. The molecule has 0 saturated carbocycles. The molecule has 6 N–H and O–H groups in total. The summed E-state index contributed by atoms with van der Waals surface area (Å²) in [5.74, 6) is -0.600. The molecule has 3 aromatic rings. The molecular formula is C47H66ClN8O12S3+. The number of nitrogens with one attached hydrogen (secondary N) is 3. The molecule has 1 atom stereocenters. The Morgan fingerprint density at radius 2 is 1.48 bits per heavy atom. The molecule has 1 amide bonds. The van der Waals surface area contributed by atoms with E-state index in [4.69, 9.17) is 29.3 Å². The zero-order chi connectivity index (χ0) is 52.6. The van der Waals surface area contributed by atoms with Gasteiger partial charge in [0.15, 0.2) is 5.71 Å². The molecule has 390 valence electrons. The van der Waals surface area contributed by atoms with Crippen molar-refractivity contribution in [2.45, 2.75) is 127 Å². The van der Waals surface area contributed by atoms with E-state index in [9.17, 15) is 35.5 Å². The van der Waals surface area contributed by atoms with E-state index in [2.05, 4.69) is 80.8 Å². The fourth-order valence-electron chi connectivity index (χ4n) is 8.92. The summed E-state index contributed by atoms with van der Waals surface area (Å²) in [4.78, 5) is 38.2. The van der Waals surface area contributed by atoms with Crippen LogP contribution in [0.4, 0.5) is 23.3 Å². The molecule has 5 rings (SSSR count). The summed E-state index contributed by atoms with van der Waals surface area (Å²) >= 11 is 6.09. The molecule has 2 aliphatic heterocycles. The number of benzene rings is 2. The Morgan fingerprint density at radius 3 is 2.11 bits per heavy atom. The fraction of sp³-hybridized carbons (Fsp3) is 0.532. The second-order valence-corrected chi connectivity index (χ2v) is 21.9. The third-order valence-corrected chi connectivity index (χ3v) is 14.1. The van der Waals surface area contributed by atoms with Gasteiger partial charge in [0.05, 0.1) is 16.1 Å². The minimum atomic E-state index is -4.48. The first-order valence-electron chi connectivity index (χ1n) is 23.5. The lowest BCUT2D eigenvalue weighted by Gasteiger charge is -2.30. The average molecular weight is 1070 g/mol. The number of aryl methyl sites for hydroxylation is 1. The number of anilines is 3. The van der Waals surface area contributed by atoms with Crippen LogP contribution >= 0.6 is 11.6 Å². The highest BCUT2D eigenvalue weighted by Crippen LogP contribution is 2.51. The zero-order valence-corrected chi connectivity index (χ0v) is 44.0. The number of fused-ring (bicyclic) bond motifs is 2. The van der Waals surface area contributed by atoms with Crippen molar-refractivity contribution in [3.63, 3.8) is 0 Å². The van der Waals surface area contributed by atoms with Gasteiger partial charge in [-0.05, 0) is 108 Å². The highest BCUT2D eigenvalue weighted by molar-refractivity contribution is 7.86. The average Bonchev–Trinajstić information content (AvgIpc) is 3.61. The van der Waals surface area contributed by atoms with Crippen LogP contribution in [0.3, 0.4) is 0 Å². The number of unbranched alkanes of at least 4 members (excludes halogenated alkanes) is 4. The van der Waals surface area contributed by atoms with E-state index in [0.29, 0.717) is 62.0 Å². The second-order valence-electron chi connectivity index (χ2n) is 18.1. The monoisotopic (exact) mass is 1070 g/mol. The predicted molar refractivity (Wildman–Crippen MR) is 272 cm³/mol. The molecule has 0 fully saturated rings. The molecule has 71 heavy (non-hydrogen) atoms. The van der Waals surface area contributed by atoms with Crippen molar-refractivity contribution in [2.75, 3.05) is 54.0 Å². The van der Waals surface area contributed by atoms with Crippen LogP contribution in [0.25, 0.3) is 0 Å². The van der Waals surface area contributed by atoms with E-state index in [1.54, 1.807) is 6.07 Å². The van der Waals surface area contributed by atoms with Gasteiger partial charge in [-0.1, -0.05) is 50.0 Å². The first kappa shape index (κ1) is 58.2. The van der Waals surface area contributed by atoms with Gasteiger partial charge in [0.2, 0.25) is 28.8 Å². The number of amides is 1. The Morgan fingerprint density at radius 1 is 0.831 bits per heavy atom. The van der Waals surface area contributed by atoms with Gasteiger partial charge in [0, 0.05) is 79.9 Å². The fourth-order valence-corrected chi connectivity index (χ4v) is 10.1. The Hall–Kier alpha value is -5.33. The molecule has 1 unspecified atom stereocenters. The molecule has 3 heterocycles. The number of carboxylic acid groups (broad SMARTS) is 1. The van der Waals surface area contributed by atoms with Gasteiger partial charge in [-0.15, -0.1) is 12.6 Å². The number of allylic oxidation sites excluding steroid dienone is 4. The van der Waals surface area contributed by atoms with Crippen molar-refractivity contribution < 1.29 is 57.8 Å². The number of aliphatic carboxylic acids is 1. The molecule has 0 aliphatic carbocycles. The van der Waals surface area contributed by atoms with Crippen LogP contribution in [0, 0.1) is 6.92 Å². The Bertz CT molecular complexity index is 2820. The van der Waals surface area contributed by atoms with E-state index < -0.39 is 48.0 Å². The predicted octanol–water partition coefficient (Wildman–Crippen LogP) is 6.98. The van der Waals surface area contributed by atoms with Crippen LogP contribution in [-0.2, 0) is 51.3 Å². The minimum absolute atomic E-state index is 0.0123. The number of hydrogen-bond acceptors (Lipinski definition) is 15. The van der Waals surface area contributed by atoms with Gasteiger partial charge in [-0.3, -0.25) is 18.7 Å². The molecule has 24 heteroatoms. The van der Waals surface area contributed by atoms with Gasteiger partial charge in [-0.25, -0.2) is 0 Å². The third-order valence-electron chi connectivity index (χ3n) is 12.3. The largest absolute Gasteiger partial charge is 0.481 e. The van der Waals surface area contributed by atoms with Crippen molar-refractivity contribution >= 4 is 83.3 Å². The summed E-state index contributed by atoms with van der Waals surface area (Å²) in [5.41, 5.74) is 5.79. The lowest BCUT2D eigenvalue weighted by molar-refractivity contribution is -0.437. The maximum atomic E-state index is 12.8. The van der Waals surface area contributed by atoms with Gasteiger partial charge >= 0.3 is 16.6 Å². The summed E-state index contributed by atoms with van der Waals surface area (Å²) in [6.45, 7) is 13.0. The molecule has 0 spiro atoms. The quantitative estimate of drug-likeness (QED) is 0.0255. The molecule has 0 saturated heterocycles. The van der Waals surface area contributed by atoms with E-state index in [1.807, 2.05) is 30.6 Å². The van der Waals surface area contributed by atoms with Crippen molar-refractivity contribution in [3.05, 3.63) is 82.3 Å². The van der Waals surface area contributed by atoms with Gasteiger partial charge in [-0.2, -0.15) is 36.4 Å². The molecule has 2 aliphatic rings. The lowest BCUT2D eigenvalue weighted by Crippen LogP contribution is -2.30. The van der Waals surface area contributed by atoms with Gasteiger partial charge < -0.3 is 26.0 Å². The van der Waals surface area contributed by atoms with Crippen LogP contribution in [0.2, 0.25) is 5.28 Å². The van der Waals surface area contributed by atoms with E-state index in [1.165, 1.54) is 17.7 Å². The number of nitrogens with zero attached hydrogens (tertiary/aromatic N) is 5. The first-order valence-corrected chi connectivity index (χ1v) is 27.9. The molecule has 0 bridgehead atoms. The summed E-state index contributed by atoms with van der Waals surface area (Å²) in [7, 11) is -11.8. The Balaban J connectivity index is 0.00000263. The Labute approximate surface area is 423 Å². The normalized spacial score (nSPS) is 16.7. The van der Waals surface area contributed by atoms with Crippen LogP contribution in [0.5, 0.6) is 0 Å². The topological polar surface area (TPSA) is 295 Å². The lowest BCUT2D eigenvalue weighted by atomic mass is 9.76. The molecule has 20 nitrogen and oxygen atoms in total. The maximum absolute atomic E-state index is 12.8. The number of aromatic nitrogens is 3. The number of carbonyl (C=O) groups excluding carboxylic acids is 1. The van der Waals surface area contributed by atoms with Gasteiger partial charge in [0.1, 0.15) is 6.54 Å². The number of carbonyl (C=O) groups is 2. The van der Waals surface area contributed by atoms with Crippen LogP contribution in [-0.4, -0.2) is 119 Å². The van der Waals surface area contributed by atoms with Crippen molar-refractivity contribution in [3.8, 4) is 0 Å². The molecular weight excluding hydrogens is 1000 g/mol. The van der Waals surface area contributed by atoms with E-state index >= 15 is 0 Å². The molecule has 0 radical (unpaired) electrons. The van der Waals surface area contributed by atoms with Gasteiger partial charge in [0.25, 0.3) is 20.2 Å². The number of hydrogen-bond donors (Lipinski definition) is 6. The van der Waals surface area contributed by atoms with Crippen molar-refractivity contribution in [1.29, 1.82) is 0 Å². The Kier molecular flexibility index (Phi) is 21.6. The summed E-state index contributed by atoms with van der Waals surface area (Å²) in [6, 6.07) is 11.0. The maximum Gasteiger partial charge on any atom is 0.425 e. The second kappa shape index (κ2) is 26.4. The van der Waals surface area contributed by atoms with Crippen LogP contribution < -0.4 is 20.9 Å². The van der Waals surface area contributed by atoms with E-state index in [0.717, 1.165) is 74.2 Å². The number of halogens is 1. The third kappa shape index (κ3) is 17.4. The van der Waals surface area contributed by atoms with Crippen LogP contribution in [0.15, 0.2) is 65.2 Å². The zero-order valence-electron chi connectivity index (χ0n) is 40.8. The first-order chi connectivity index (χ1) is 33.4.